The summed E-state index contributed by atoms with van der Waals surface area (Å²) in [5.41, 5.74) is 1.94. The number of aliphatic carboxylic acids is 1. The zero-order valence-electron chi connectivity index (χ0n) is 10.6. The molecule has 1 aliphatic rings. The molecule has 1 N–H and O–H groups in total. The van der Waals surface area contributed by atoms with Crippen LogP contribution in [0.1, 0.15) is 50.1 Å². The molecule has 100 valence electrons. The quantitative estimate of drug-likeness (QED) is 0.881. The zero-order chi connectivity index (χ0) is 13.0. The van der Waals surface area contributed by atoms with Crippen LogP contribution in [0, 0.1) is 0 Å². The molecule has 1 aromatic heterocycles. The van der Waals surface area contributed by atoms with Crippen LogP contribution >= 0.6 is 0 Å². The highest BCUT2D eigenvalue weighted by atomic mass is 16.5. The summed E-state index contributed by atoms with van der Waals surface area (Å²) in [5.74, 6) is -0.943. The van der Waals surface area contributed by atoms with Crippen LogP contribution in [-0.4, -0.2) is 32.7 Å². The molecule has 1 unspecified atom stereocenters. The standard InChI is InChI=1S/C12H19N3O3/c1-2-15-9-6-4-3-5-7-10(12(9)13-14-15)18-8-11(16)17/h10H,2-8H2,1H3,(H,16,17). The fourth-order valence-corrected chi connectivity index (χ4v) is 2.38. The summed E-state index contributed by atoms with van der Waals surface area (Å²) < 4.78 is 7.34. The fraction of sp³-hybridized carbons (Fsp3) is 0.750. The number of rotatable bonds is 4. The largest absolute Gasteiger partial charge is 0.480 e. The van der Waals surface area contributed by atoms with Gasteiger partial charge >= 0.3 is 5.97 Å². The van der Waals surface area contributed by atoms with Gasteiger partial charge in [0.15, 0.2) is 0 Å². The molecule has 1 heterocycles. The van der Waals surface area contributed by atoms with Crippen molar-refractivity contribution in [1.82, 2.24) is 15.0 Å². The van der Waals surface area contributed by atoms with Gasteiger partial charge in [-0.15, -0.1) is 5.10 Å². The van der Waals surface area contributed by atoms with Crippen molar-refractivity contribution in [3.05, 3.63) is 11.4 Å². The van der Waals surface area contributed by atoms with E-state index in [4.69, 9.17) is 9.84 Å². The number of hydrogen-bond donors (Lipinski definition) is 1. The van der Waals surface area contributed by atoms with E-state index in [1.165, 1.54) is 0 Å². The number of hydrogen-bond acceptors (Lipinski definition) is 4. The smallest absolute Gasteiger partial charge is 0.329 e. The lowest BCUT2D eigenvalue weighted by molar-refractivity contribution is -0.144. The molecule has 0 bridgehead atoms. The Hall–Kier alpha value is -1.43. The number of nitrogens with zero attached hydrogens (tertiary/aromatic N) is 3. The first-order valence-corrected chi connectivity index (χ1v) is 6.48. The molecule has 6 nitrogen and oxygen atoms in total. The molecule has 1 atom stereocenters. The van der Waals surface area contributed by atoms with Crippen LogP contribution in [0.5, 0.6) is 0 Å². The van der Waals surface area contributed by atoms with E-state index in [1.54, 1.807) is 0 Å². The van der Waals surface area contributed by atoms with Gasteiger partial charge in [-0.25, -0.2) is 9.48 Å². The second-order valence-electron chi connectivity index (χ2n) is 4.53. The number of aryl methyl sites for hydroxylation is 1. The Morgan fingerprint density at radius 3 is 3.06 bits per heavy atom. The second kappa shape index (κ2) is 5.95. The topological polar surface area (TPSA) is 77.2 Å². The van der Waals surface area contributed by atoms with Gasteiger partial charge in [0.05, 0.1) is 5.69 Å². The van der Waals surface area contributed by atoms with Crippen LogP contribution < -0.4 is 0 Å². The SMILES string of the molecule is CCn1nnc2c1CCCCCC2OCC(=O)O. The summed E-state index contributed by atoms with van der Waals surface area (Å²) in [5, 5.41) is 17.0. The van der Waals surface area contributed by atoms with E-state index in [0.29, 0.717) is 0 Å². The minimum absolute atomic E-state index is 0.225. The molecule has 0 radical (unpaired) electrons. The lowest BCUT2D eigenvalue weighted by Gasteiger charge is -2.19. The number of carbonyl (C=O) groups is 1. The van der Waals surface area contributed by atoms with Gasteiger partial charge in [-0.1, -0.05) is 18.1 Å². The molecule has 0 aliphatic heterocycles. The van der Waals surface area contributed by atoms with E-state index < -0.39 is 5.97 Å². The highest BCUT2D eigenvalue weighted by Gasteiger charge is 2.24. The maximum absolute atomic E-state index is 10.6. The summed E-state index contributed by atoms with van der Waals surface area (Å²) in [6, 6.07) is 0. The lowest BCUT2D eigenvalue weighted by atomic mass is 9.99. The number of ether oxygens (including phenoxy) is 1. The first kappa shape index (κ1) is 13.0. The molecule has 2 rings (SSSR count). The molecule has 0 aromatic carbocycles. The van der Waals surface area contributed by atoms with Gasteiger partial charge in [0.1, 0.15) is 18.4 Å². The van der Waals surface area contributed by atoms with E-state index in [1.807, 2.05) is 11.6 Å². The van der Waals surface area contributed by atoms with Gasteiger partial charge in [-0.05, 0) is 26.2 Å². The minimum atomic E-state index is -0.943. The summed E-state index contributed by atoms with van der Waals surface area (Å²) in [6.45, 7) is 2.54. The van der Waals surface area contributed by atoms with Crippen molar-refractivity contribution in [2.45, 2.75) is 51.7 Å². The molecule has 0 fully saturated rings. The highest BCUT2D eigenvalue weighted by molar-refractivity contribution is 5.68. The average Bonchev–Trinajstić information content (AvgIpc) is 2.71. The van der Waals surface area contributed by atoms with Crippen LogP contribution in [0.15, 0.2) is 0 Å². The summed E-state index contributed by atoms with van der Waals surface area (Å²) in [4.78, 5) is 10.6. The lowest BCUT2D eigenvalue weighted by Crippen LogP contribution is -2.16. The molecular weight excluding hydrogens is 234 g/mol. The zero-order valence-corrected chi connectivity index (χ0v) is 10.6. The van der Waals surface area contributed by atoms with Crippen LogP contribution in [0.2, 0.25) is 0 Å². The fourth-order valence-electron chi connectivity index (χ4n) is 2.38. The molecule has 18 heavy (non-hydrogen) atoms. The van der Waals surface area contributed by atoms with Crippen molar-refractivity contribution in [1.29, 1.82) is 0 Å². The van der Waals surface area contributed by atoms with Crippen molar-refractivity contribution >= 4 is 5.97 Å². The molecule has 1 aromatic rings. The highest BCUT2D eigenvalue weighted by Crippen LogP contribution is 2.28. The molecule has 0 amide bonds. The first-order valence-electron chi connectivity index (χ1n) is 6.48. The Kier molecular flexibility index (Phi) is 4.30. The van der Waals surface area contributed by atoms with Crippen LogP contribution in [0.25, 0.3) is 0 Å². The van der Waals surface area contributed by atoms with Gasteiger partial charge in [0, 0.05) is 6.54 Å². The Morgan fingerprint density at radius 1 is 1.50 bits per heavy atom. The second-order valence-corrected chi connectivity index (χ2v) is 4.53. The van der Waals surface area contributed by atoms with E-state index in [2.05, 4.69) is 10.3 Å². The van der Waals surface area contributed by atoms with Gasteiger partial charge < -0.3 is 9.84 Å². The van der Waals surface area contributed by atoms with Crippen LogP contribution in [0.4, 0.5) is 0 Å². The molecule has 1 aliphatic carbocycles. The third kappa shape index (κ3) is 2.87. The maximum atomic E-state index is 10.6. The van der Waals surface area contributed by atoms with Gasteiger partial charge in [-0.2, -0.15) is 0 Å². The van der Waals surface area contributed by atoms with Crippen LogP contribution in [-0.2, 0) is 22.5 Å². The predicted octanol–water partition coefficient (Wildman–Crippen LogP) is 1.56. The maximum Gasteiger partial charge on any atom is 0.329 e. The van der Waals surface area contributed by atoms with Gasteiger partial charge in [-0.3, -0.25) is 0 Å². The summed E-state index contributed by atoms with van der Waals surface area (Å²) in [7, 11) is 0. The van der Waals surface area contributed by atoms with E-state index in [-0.39, 0.29) is 12.7 Å². The van der Waals surface area contributed by atoms with E-state index >= 15 is 0 Å². The molecule has 0 saturated heterocycles. The van der Waals surface area contributed by atoms with Crippen molar-refractivity contribution in [2.75, 3.05) is 6.61 Å². The Labute approximate surface area is 106 Å². The van der Waals surface area contributed by atoms with Crippen LogP contribution in [0.3, 0.4) is 0 Å². The normalized spacial score (nSPS) is 19.9. The first-order chi connectivity index (χ1) is 8.72. The number of aromatic nitrogens is 3. The molecule has 6 heteroatoms. The third-order valence-electron chi connectivity index (χ3n) is 3.26. The number of fused-ring (bicyclic) bond motifs is 1. The van der Waals surface area contributed by atoms with Gasteiger partial charge in [0.2, 0.25) is 0 Å². The third-order valence-corrected chi connectivity index (χ3v) is 3.26. The number of carboxylic acids is 1. The Balaban J connectivity index is 2.20. The van der Waals surface area contributed by atoms with Gasteiger partial charge in [0.25, 0.3) is 0 Å². The van der Waals surface area contributed by atoms with Crippen molar-refractivity contribution in [3.63, 3.8) is 0 Å². The molecule has 0 spiro atoms. The van der Waals surface area contributed by atoms with Crippen molar-refractivity contribution in [3.8, 4) is 0 Å². The number of carboxylic acid groups (broad SMARTS) is 1. The molecular formula is C12H19N3O3. The monoisotopic (exact) mass is 253 g/mol. The minimum Gasteiger partial charge on any atom is -0.480 e. The Morgan fingerprint density at radius 2 is 2.33 bits per heavy atom. The van der Waals surface area contributed by atoms with E-state index in [9.17, 15) is 4.79 Å². The van der Waals surface area contributed by atoms with E-state index in [0.717, 1.165) is 50.0 Å². The average molecular weight is 253 g/mol. The predicted molar refractivity (Wildman–Crippen MR) is 64.2 cm³/mol. The van der Waals surface area contributed by atoms with Crippen molar-refractivity contribution in [2.24, 2.45) is 0 Å². The van der Waals surface area contributed by atoms with Crippen molar-refractivity contribution < 1.29 is 14.6 Å². The summed E-state index contributed by atoms with van der Waals surface area (Å²) in [6.07, 6.45) is 4.86. The summed E-state index contributed by atoms with van der Waals surface area (Å²) >= 11 is 0. The Bertz CT molecular complexity index is 417. The molecule has 0 saturated carbocycles.